The molecule has 0 spiro atoms. The van der Waals surface area contributed by atoms with Crippen LogP contribution in [0.3, 0.4) is 0 Å². The number of carbonyl (C=O) groups is 2. The quantitative estimate of drug-likeness (QED) is 0.754. The van der Waals surface area contributed by atoms with Crippen LogP contribution >= 0.6 is 0 Å². The summed E-state index contributed by atoms with van der Waals surface area (Å²) in [6.07, 6.45) is 0.346. The van der Waals surface area contributed by atoms with Crippen molar-refractivity contribution in [3.63, 3.8) is 0 Å². The molecule has 100 valence electrons. The second kappa shape index (κ2) is 5.62. The molecule has 2 amide bonds. The highest BCUT2D eigenvalue weighted by molar-refractivity contribution is 6.18. The SMILES string of the molecule is Cc1ccccc1OCCC1=NC(=O)C(N)C(=O)N1. The van der Waals surface area contributed by atoms with Gasteiger partial charge in [-0.05, 0) is 18.6 Å². The zero-order valence-corrected chi connectivity index (χ0v) is 10.6. The van der Waals surface area contributed by atoms with Crippen molar-refractivity contribution in [3.05, 3.63) is 29.8 Å². The summed E-state index contributed by atoms with van der Waals surface area (Å²) in [5, 5.41) is 2.48. The molecule has 0 aliphatic carbocycles. The largest absolute Gasteiger partial charge is 0.493 e. The molecule has 1 heterocycles. The van der Waals surface area contributed by atoms with E-state index in [0.717, 1.165) is 11.3 Å². The predicted molar refractivity (Wildman–Crippen MR) is 69.9 cm³/mol. The number of rotatable bonds is 4. The smallest absolute Gasteiger partial charge is 0.273 e. The summed E-state index contributed by atoms with van der Waals surface area (Å²) in [4.78, 5) is 26.3. The summed E-state index contributed by atoms with van der Waals surface area (Å²) in [6.45, 7) is 2.27. The fourth-order valence-electron chi connectivity index (χ4n) is 1.66. The third-order valence-corrected chi connectivity index (χ3v) is 2.75. The highest BCUT2D eigenvalue weighted by Crippen LogP contribution is 2.16. The van der Waals surface area contributed by atoms with Gasteiger partial charge in [-0.3, -0.25) is 9.59 Å². The number of carbonyl (C=O) groups excluding carboxylic acids is 2. The van der Waals surface area contributed by atoms with Gasteiger partial charge in [0.25, 0.3) is 11.8 Å². The fraction of sp³-hybridized carbons (Fsp3) is 0.308. The van der Waals surface area contributed by atoms with Gasteiger partial charge in [-0.2, -0.15) is 4.99 Å². The molecule has 1 aliphatic heterocycles. The lowest BCUT2D eigenvalue weighted by atomic mass is 10.2. The number of aryl methyl sites for hydroxylation is 1. The number of amides is 2. The van der Waals surface area contributed by atoms with E-state index in [0.29, 0.717) is 18.9 Å². The second-order valence-electron chi connectivity index (χ2n) is 4.23. The number of nitrogens with two attached hydrogens (primary N) is 1. The van der Waals surface area contributed by atoms with Crippen molar-refractivity contribution >= 4 is 17.6 Å². The average Bonchev–Trinajstić information content (AvgIpc) is 2.38. The molecule has 0 saturated heterocycles. The van der Waals surface area contributed by atoms with Gasteiger partial charge in [0.15, 0.2) is 6.04 Å². The van der Waals surface area contributed by atoms with Crippen molar-refractivity contribution in [2.45, 2.75) is 19.4 Å². The number of nitrogens with one attached hydrogen (secondary N) is 1. The number of ether oxygens (including phenoxy) is 1. The number of aliphatic imine (C=N–C) groups is 1. The standard InChI is InChI=1S/C13H15N3O3/c1-8-4-2-3-5-9(8)19-7-6-10-15-12(17)11(14)13(18)16-10/h2-5,11H,6-7,14H2,1H3,(H,15,16,17,18). The monoisotopic (exact) mass is 261 g/mol. The van der Waals surface area contributed by atoms with Crippen LogP contribution in [-0.4, -0.2) is 30.3 Å². The van der Waals surface area contributed by atoms with Gasteiger partial charge in [-0.15, -0.1) is 0 Å². The van der Waals surface area contributed by atoms with Gasteiger partial charge < -0.3 is 15.8 Å². The summed E-state index contributed by atoms with van der Waals surface area (Å²) >= 11 is 0. The van der Waals surface area contributed by atoms with E-state index >= 15 is 0 Å². The Morgan fingerprint density at radius 3 is 2.79 bits per heavy atom. The van der Waals surface area contributed by atoms with Gasteiger partial charge in [-0.1, -0.05) is 18.2 Å². The molecule has 3 N–H and O–H groups in total. The number of hydrogen-bond donors (Lipinski definition) is 2. The van der Waals surface area contributed by atoms with E-state index in [1.54, 1.807) is 0 Å². The summed E-state index contributed by atoms with van der Waals surface area (Å²) < 4.78 is 5.56. The Hall–Kier alpha value is -2.21. The molecule has 0 fully saturated rings. The molecular formula is C13H15N3O3. The minimum absolute atomic E-state index is 0.297. The third kappa shape index (κ3) is 3.17. The highest BCUT2D eigenvalue weighted by Gasteiger charge is 2.27. The number of nitrogens with zero attached hydrogens (tertiary/aromatic N) is 1. The molecule has 1 unspecified atom stereocenters. The second-order valence-corrected chi connectivity index (χ2v) is 4.23. The van der Waals surface area contributed by atoms with E-state index in [9.17, 15) is 9.59 Å². The summed E-state index contributed by atoms with van der Waals surface area (Å²) in [5.41, 5.74) is 6.35. The van der Waals surface area contributed by atoms with E-state index in [1.165, 1.54) is 0 Å². The summed E-state index contributed by atoms with van der Waals surface area (Å²) in [5.74, 6) is -0.0703. The highest BCUT2D eigenvalue weighted by atomic mass is 16.5. The molecule has 1 atom stereocenters. The van der Waals surface area contributed by atoms with Crippen LogP contribution in [0.2, 0.25) is 0 Å². The van der Waals surface area contributed by atoms with Gasteiger partial charge >= 0.3 is 0 Å². The predicted octanol–water partition coefficient (Wildman–Crippen LogP) is 0.146. The lowest BCUT2D eigenvalue weighted by molar-refractivity contribution is -0.129. The van der Waals surface area contributed by atoms with Crippen molar-refractivity contribution in [3.8, 4) is 5.75 Å². The molecule has 0 bridgehead atoms. The number of para-hydroxylation sites is 1. The van der Waals surface area contributed by atoms with Crippen molar-refractivity contribution in [1.29, 1.82) is 0 Å². The van der Waals surface area contributed by atoms with Crippen LogP contribution < -0.4 is 15.8 Å². The van der Waals surface area contributed by atoms with Crippen LogP contribution in [0.1, 0.15) is 12.0 Å². The van der Waals surface area contributed by atoms with Crippen LogP contribution in [0.25, 0.3) is 0 Å². The maximum Gasteiger partial charge on any atom is 0.273 e. The van der Waals surface area contributed by atoms with Gasteiger partial charge in [-0.25, -0.2) is 0 Å². The first-order valence-electron chi connectivity index (χ1n) is 5.94. The minimum atomic E-state index is -1.19. The molecule has 19 heavy (non-hydrogen) atoms. The Morgan fingerprint density at radius 1 is 1.37 bits per heavy atom. The topological polar surface area (TPSA) is 93.8 Å². The van der Waals surface area contributed by atoms with Crippen LogP contribution in [-0.2, 0) is 9.59 Å². The third-order valence-electron chi connectivity index (χ3n) is 2.75. The number of amidine groups is 1. The van der Waals surface area contributed by atoms with Crippen LogP contribution in [0, 0.1) is 6.92 Å². The minimum Gasteiger partial charge on any atom is -0.493 e. The Labute approximate surface area is 110 Å². The zero-order chi connectivity index (χ0) is 13.8. The lowest BCUT2D eigenvalue weighted by Crippen LogP contribution is -2.52. The number of benzene rings is 1. The van der Waals surface area contributed by atoms with E-state index < -0.39 is 17.9 Å². The van der Waals surface area contributed by atoms with Gasteiger partial charge in [0.05, 0.1) is 6.61 Å². The normalized spacial score (nSPS) is 18.8. The lowest BCUT2D eigenvalue weighted by Gasteiger charge is -2.17. The van der Waals surface area contributed by atoms with Crippen molar-refractivity contribution in [1.82, 2.24) is 5.32 Å². The van der Waals surface area contributed by atoms with Crippen molar-refractivity contribution in [2.24, 2.45) is 10.7 Å². The summed E-state index contributed by atoms with van der Waals surface area (Å²) in [7, 11) is 0. The molecule has 0 saturated carbocycles. The first-order chi connectivity index (χ1) is 9.08. The molecule has 0 aromatic heterocycles. The molecule has 1 aromatic carbocycles. The Bertz CT molecular complexity index is 540. The van der Waals surface area contributed by atoms with Crippen LogP contribution in [0.15, 0.2) is 29.3 Å². The first kappa shape index (κ1) is 13.2. The number of hydrogen-bond acceptors (Lipinski definition) is 4. The molecule has 1 aromatic rings. The van der Waals surface area contributed by atoms with Gasteiger partial charge in [0.1, 0.15) is 11.6 Å². The fourth-order valence-corrected chi connectivity index (χ4v) is 1.66. The van der Waals surface area contributed by atoms with E-state index in [-0.39, 0.29) is 0 Å². The molecule has 6 heteroatoms. The molecular weight excluding hydrogens is 246 g/mol. The molecule has 2 rings (SSSR count). The van der Waals surface area contributed by atoms with Gasteiger partial charge in [0.2, 0.25) is 0 Å². The van der Waals surface area contributed by atoms with Crippen molar-refractivity contribution < 1.29 is 14.3 Å². The maximum atomic E-state index is 11.3. The van der Waals surface area contributed by atoms with E-state index in [1.807, 2.05) is 31.2 Å². The van der Waals surface area contributed by atoms with E-state index in [4.69, 9.17) is 10.5 Å². The van der Waals surface area contributed by atoms with Gasteiger partial charge in [0, 0.05) is 6.42 Å². The first-order valence-corrected chi connectivity index (χ1v) is 5.94. The van der Waals surface area contributed by atoms with Crippen molar-refractivity contribution in [2.75, 3.05) is 6.61 Å². The zero-order valence-electron chi connectivity index (χ0n) is 10.6. The van der Waals surface area contributed by atoms with Crippen LogP contribution in [0.5, 0.6) is 5.75 Å². The van der Waals surface area contributed by atoms with Crippen LogP contribution in [0.4, 0.5) is 0 Å². The Kier molecular flexibility index (Phi) is 3.91. The molecule has 1 aliphatic rings. The molecule has 6 nitrogen and oxygen atoms in total. The maximum absolute atomic E-state index is 11.3. The Balaban J connectivity index is 1.90. The summed E-state index contributed by atoms with van der Waals surface area (Å²) in [6, 6.07) is 6.41. The Morgan fingerprint density at radius 2 is 2.11 bits per heavy atom. The average molecular weight is 261 g/mol. The molecule has 0 radical (unpaired) electrons. The van der Waals surface area contributed by atoms with E-state index in [2.05, 4.69) is 10.3 Å².